The van der Waals surface area contributed by atoms with Gasteiger partial charge in [-0.2, -0.15) is 0 Å². The third kappa shape index (κ3) is 66.8. The highest BCUT2D eigenvalue weighted by Crippen LogP contribution is 2.18. The van der Waals surface area contributed by atoms with Crippen molar-refractivity contribution in [2.75, 3.05) is 13.2 Å². The van der Waals surface area contributed by atoms with Crippen LogP contribution in [0.2, 0.25) is 0 Å². The Bertz CT molecular complexity index is 1360. The lowest BCUT2D eigenvalue weighted by Crippen LogP contribution is -2.45. The molecule has 0 fully saturated rings. The zero-order valence-corrected chi connectivity index (χ0v) is 54.5. The largest absolute Gasteiger partial charge is 0.466 e. The number of ether oxygens (including phenoxy) is 1. The van der Waals surface area contributed by atoms with E-state index in [0.29, 0.717) is 25.9 Å². The van der Waals surface area contributed by atoms with Crippen molar-refractivity contribution in [1.29, 1.82) is 0 Å². The van der Waals surface area contributed by atoms with Crippen LogP contribution in [-0.4, -0.2) is 47.4 Å². The number of hydrogen-bond acceptors (Lipinski definition) is 5. The van der Waals surface area contributed by atoms with Gasteiger partial charge in [0.25, 0.3) is 0 Å². The first kappa shape index (κ1) is 78.8. The molecule has 0 aliphatic rings. The van der Waals surface area contributed by atoms with Crippen LogP contribution in [0.4, 0.5) is 0 Å². The molecule has 1 amide bonds. The van der Waals surface area contributed by atoms with Crippen LogP contribution >= 0.6 is 0 Å². The number of allylic oxidation sites excluding steroid dienone is 8. The van der Waals surface area contributed by atoms with Crippen LogP contribution in [-0.2, 0) is 14.3 Å². The predicted molar refractivity (Wildman–Crippen MR) is 356 cm³/mol. The molecule has 2 unspecified atom stereocenters. The van der Waals surface area contributed by atoms with E-state index in [1.807, 2.05) is 0 Å². The number of esters is 1. The number of amides is 1. The molecule has 476 valence electrons. The van der Waals surface area contributed by atoms with Gasteiger partial charge >= 0.3 is 5.97 Å². The van der Waals surface area contributed by atoms with Gasteiger partial charge < -0.3 is 20.3 Å². The van der Waals surface area contributed by atoms with Crippen LogP contribution in [0, 0.1) is 0 Å². The Morgan fingerprint density at radius 2 is 0.617 bits per heavy atom. The Labute approximate surface area is 506 Å². The number of nitrogens with one attached hydrogen (secondary N) is 1. The van der Waals surface area contributed by atoms with Crippen molar-refractivity contribution in [1.82, 2.24) is 5.32 Å². The van der Waals surface area contributed by atoms with E-state index in [4.69, 9.17) is 4.74 Å². The van der Waals surface area contributed by atoms with E-state index in [-0.39, 0.29) is 18.5 Å². The van der Waals surface area contributed by atoms with Gasteiger partial charge in [-0.25, -0.2) is 0 Å². The van der Waals surface area contributed by atoms with E-state index in [0.717, 1.165) is 57.8 Å². The second-order valence-corrected chi connectivity index (χ2v) is 24.9. The summed E-state index contributed by atoms with van der Waals surface area (Å²) in [5.74, 6) is -0.0371. The van der Waals surface area contributed by atoms with Crippen molar-refractivity contribution in [2.24, 2.45) is 0 Å². The van der Waals surface area contributed by atoms with E-state index in [1.54, 1.807) is 0 Å². The molecule has 3 N–H and O–H groups in total. The molecule has 0 radical (unpaired) electrons. The van der Waals surface area contributed by atoms with Crippen LogP contribution in [0.25, 0.3) is 0 Å². The summed E-state index contributed by atoms with van der Waals surface area (Å²) in [6.45, 7) is 4.96. The summed E-state index contributed by atoms with van der Waals surface area (Å²) in [4.78, 5) is 24.6. The molecule has 0 aliphatic heterocycles. The Morgan fingerprint density at radius 1 is 0.346 bits per heavy atom. The molecule has 0 aromatic heterocycles. The zero-order valence-electron chi connectivity index (χ0n) is 54.5. The third-order valence-corrected chi connectivity index (χ3v) is 16.9. The summed E-state index contributed by atoms with van der Waals surface area (Å²) >= 11 is 0. The van der Waals surface area contributed by atoms with Crippen molar-refractivity contribution in [2.45, 2.75) is 405 Å². The number of carbonyl (C=O) groups excluding carboxylic acids is 2. The van der Waals surface area contributed by atoms with Crippen molar-refractivity contribution < 1.29 is 24.5 Å². The van der Waals surface area contributed by atoms with Crippen molar-refractivity contribution in [3.8, 4) is 0 Å². The van der Waals surface area contributed by atoms with Crippen LogP contribution < -0.4 is 5.32 Å². The second-order valence-electron chi connectivity index (χ2n) is 24.9. The van der Waals surface area contributed by atoms with Gasteiger partial charge in [-0.15, -0.1) is 0 Å². The lowest BCUT2D eigenvalue weighted by atomic mass is 10.0. The first-order valence-corrected chi connectivity index (χ1v) is 36.4. The Morgan fingerprint density at radius 3 is 0.951 bits per heavy atom. The fourth-order valence-electron chi connectivity index (χ4n) is 11.3. The molecule has 81 heavy (non-hydrogen) atoms. The molecule has 0 heterocycles. The highest BCUT2D eigenvalue weighted by molar-refractivity contribution is 5.76. The van der Waals surface area contributed by atoms with Crippen LogP contribution in [0.5, 0.6) is 0 Å². The highest BCUT2D eigenvalue weighted by atomic mass is 16.5. The number of carbonyl (C=O) groups is 2. The summed E-state index contributed by atoms with van der Waals surface area (Å²) < 4.78 is 5.48. The van der Waals surface area contributed by atoms with Gasteiger partial charge in [0.2, 0.25) is 5.91 Å². The SMILES string of the molecule is CCCCCC/C=C\C/C=C\CCCCCCCC(=O)OCCCCCCCCCCC/C=C\C/C=C\CCCCCCCCCCCCCC(=O)NC(CO)C(O)CCCCCCCCCCCCCCCCCCCCCCC. The van der Waals surface area contributed by atoms with Crippen LogP contribution in [0.1, 0.15) is 393 Å². The fraction of sp³-hybridized carbons (Fsp3) is 0.867. The minimum absolute atomic E-state index is 0.00252. The molecular formula is C75H141NO5. The molecule has 2 atom stereocenters. The molecule has 6 nitrogen and oxygen atoms in total. The second kappa shape index (κ2) is 70.3. The molecule has 0 aromatic rings. The maximum atomic E-state index is 12.5. The van der Waals surface area contributed by atoms with Gasteiger partial charge in [0.1, 0.15) is 0 Å². The smallest absolute Gasteiger partial charge is 0.305 e. The molecule has 0 aromatic carbocycles. The molecule has 0 rings (SSSR count). The number of hydrogen-bond donors (Lipinski definition) is 3. The van der Waals surface area contributed by atoms with Crippen molar-refractivity contribution in [3.63, 3.8) is 0 Å². The first-order chi connectivity index (χ1) is 40.0. The van der Waals surface area contributed by atoms with Gasteiger partial charge in [0, 0.05) is 12.8 Å². The lowest BCUT2D eigenvalue weighted by Gasteiger charge is -2.22. The molecule has 0 aliphatic carbocycles. The average Bonchev–Trinajstić information content (AvgIpc) is 3.47. The fourth-order valence-corrected chi connectivity index (χ4v) is 11.3. The Balaban J connectivity index is 3.43. The molecule has 0 saturated carbocycles. The van der Waals surface area contributed by atoms with E-state index in [9.17, 15) is 19.8 Å². The van der Waals surface area contributed by atoms with E-state index >= 15 is 0 Å². The lowest BCUT2D eigenvalue weighted by molar-refractivity contribution is -0.143. The maximum Gasteiger partial charge on any atom is 0.305 e. The van der Waals surface area contributed by atoms with Gasteiger partial charge in [-0.1, -0.05) is 339 Å². The minimum atomic E-state index is -0.668. The summed E-state index contributed by atoms with van der Waals surface area (Å²) in [5.41, 5.74) is 0. The maximum absolute atomic E-state index is 12.5. The standard InChI is InChI=1S/C75H141NO5/c1-3-5-7-9-11-13-15-17-19-21-22-30-33-36-39-43-47-51-55-59-63-67-73(78)72(71-77)76-74(79)68-64-60-56-52-48-44-40-37-34-31-28-26-24-23-25-27-29-32-35-38-42-46-50-54-58-62-66-70-81-75(80)69-65-61-57-53-49-45-41-20-18-16-14-12-10-8-6-4-2/h14,16,20,23-24,27,29,41,72-73,77-78H,3-13,15,17-19,21-22,25-26,28,30-40,42-71H2,1-2H3,(H,76,79)/b16-14-,24-23-,29-27-,41-20-. The van der Waals surface area contributed by atoms with Crippen molar-refractivity contribution >= 4 is 11.9 Å². The topological polar surface area (TPSA) is 95.9 Å². The summed E-state index contributed by atoms with van der Waals surface area (Å²) in [6.07, 6.45) is 91.6. The van der Waals surface area contributed by atoms with E-state index in [1.165, 1.54) is 302 Å². The van der Waals surface area contributed by atoms with E-state index < -0.39 is 12.1 Å². The van der Waals surface area contributed by atoms with Crippen LogP contribution in [0.15, 0.2) is 48.6 Å². The molecule has 0 saturated heterocycles. The number of aliphatic hydroxyl groups is 2. The van der Waals surface area contributed by atoms with E-state index in [2.05, 4.69) is 67.8 Å². The monoisotopic (exact) mass is 1140 g/mol. The van der Waals surface area contributed by atoms with Gasteiger partial charge in [-0.3, -0.25) is 9.59 Å². The van der Waals surface area contributed by atoms with Gasteiger partial charge in [0.15, 0.2) is 0 Å². The summed E-state index contributed by atoms with van der Waals surface area (Å²) in [7, 11) is 0. The van der Waals surface area contributed by atoms with Crippen LogP contribution in [0.3, 0.4) is 0 Å². The normalized spacial score (nSPS) is 12.8. The molecule has 0 spiro atoms. The number of aliphatic hydroxyl groups excluding tert-OH is 2. The van der Waals surface area contributed by atoms with Gasteiger partial charge in [0.05, 0.1) is 25.4 Å². The van der Waals surface area contributed by atoms with Gasteiger partial charge in [-0.05, 0) is 89.9 Å². The zero-order chi connectivity index (χ0) is 58.5. The molecular weight excluding hydrogens is 995 g/mol. The highest BCUT2D eigenvalue weighted by Gasteiger charge is 2.20. The quantitative estimate of drug-likeness (QED) is 0.0320. The molecule has 6 heteroatoms. The number of rotatable bonds is 68. The first-order valence-electron chi connectivity index (χ1n) is 36.4. The summed E-state index contributed by atoms with van der Waals surface area (Å²) in [6, 6.07) is -0.546. The summed E-state index contributed by atoms with van der Waals surface area (Å²) in [5, 5.41) is 23.4. The Hall–Kier alpha value is -2.18. The third-order valence-electron chi connectivity index (χ3n) is 16.9. The minimum Gasteiger partial charge on any atom is -0.466 e. The Kier molecular flexibility index (Phi) is 68.4. The number of unbranched alkanes of at least 4 members (excludes halogenated alkanes) is 49. The predicted octanol–water partition coefficient (Wildman–Crippen LogP) is 23.6. The molecule has 0 bridgehead atoms. The van der Waals surface area contributed by atoms with Crippen molar-refractivity contribution in [3.05, 3.63) is 48.6 Å². The average molecular weight is 1140 g/mol.